The van der Waals surface area contributed by atoms with Gasteiger partial charge in [-0.2, -0.15) is 0 Å². The van der Waals surface area contributed by atoms with Crippen molar-refractivity contribution in [1.29, 1.82) is 0 Å². The average molecular weight is 241 g/mol. The summed E-state index contributed by atoms with van der Waals surface area (Å²) in [6.45, 7) is 5.67. The van der Waals surface area contributed by atoms with E-state index < -0.39 is 6.10 Å². The molecule has 6 heteroatoms. The van der Waals surface area contributed by atoms with Gasteiger partial charge in [0.2, 0.25) is 0 Å². The van der Waals surface area contributed by atoms with Crippen molar-refractivity contribution in [2.24, 2.45) is 5.73 Å². The van der Waals surface area contributed by atoms with Crippen molar-refractivity contribution >= 4 is 5.91 Å². The van der Waals surface area contributed by atoms with Gasteiger partial charge >= 0.3 is 0 Å². The molecular formula is C11H19N3O3. The van der Waals surface area contributed by atoms with Gasteiger partial charge in [-0.1, -0.05) is 5.16 Å². The maximum atomic E-state index is 11.8. The summed E-state index contributed by atoms with van der Waals surface area (Å²) in [4.78, 5) is 11.8. The third kappa shape index (κ3) is 3.04. The van der Waals surface area contributed by atoms with Crippen molar-refractivity contribution in [3.63, 3.8) is 0 Å². The van der Waals surface area contributed by atoms with Crippen LogP contribution in [0, 0.1) is 13.8 Å². The summed E-state index contributed by atoms with van der Waals surface area (Å²) in [6, 6.07) is -0.182. The van der Waals surface area contributed by atoms with E-state index in [-0.39, 0.29) is 18.5 Å². The number of rotatable bonds is 5. The number of nitrogens with zero attached hydrogens (tertiary/aromatic N) is 1. The number of carbonyl (C=O) groups is 1. The van der Waals surface area contributed by atoms with Crippen molar-refractivity contribution in [3.05, 3.63) is 17.0 Å². The fraction of sp³-hybridized carbons (Fsp3) is 0.636. The quantitative estimate of drug-likeness (QED) is 0.780. The lowest BCUT2D eigenvalue weighted by molar-refractivity contribution is -0.131. The van der Waals surface area contributed by atoms with Crippen LogP contribution in [0.4, 0.5) is 0 Å². The molecule has 0 spiro atoms. The summed E-state index contributed by atoms with van der Waals surface area (Å²) in [5.41, 5.74) is 7.09. The third-order valence-electron chi connectivity index (χ3n) is 2.67. The molecule has 1 heterocycles. The highest BCUT2D eigenvalue weighted by molar-refractivity contribution is 5.81. The van der Waals surface area contributed by atoms with E-state index in [2.05, 4.69) is 10.5 Å². The van der Waals surface area contributed by atoms with Crippen molar-refractivity contribution in [2.75, 3.05) is 13.7 Å². The molecule has 0 aliphatic rings. The predicted octanol–water partition coefficient (Wildman–Crippen LogP) is 0.442. The Labute approximate surface area is 100 Å². The number of amides is 1. The highest BCUT2D eigenvalue weighted by atomic mass is 16.5. The second-order valence-corrected chi connectivity index (χ2v) is 3.93. The molecule has 0 aromatic carbocycles. The molecule has 96 valence electrons. The second kappa shape index (κ2) is 5.79. The number of aryl methyl sites for hydroxylation is 2. The Hall–Kier alpha value is -1.40. The molecule has 17 heavy (non-hydrogen) atoms. The van der Waals surface area contributed by atoms with Crippen LogP contribution < -0.4 is 11.1 Å². The molecule has 2 atom stereocenters. The van der Waals surface area contributed by atoms with Crippen molar-refractivity contribution in [1.82, 2.24) is 10.5 Å². The van der Waals surface area contributed by atoms with Crippen LogP contribution >= 0.6 is 0 Å². The lowest BCUT2D eigenvalue weighted by atomic mass is 10.1. The van der Waals surface area contributed by atoms with E-state index in [1.54, 1.807) is 0 Å². The smallest absolute Gasteiger partial charge is 0.250 e. The molecule has 1 rings (SSSR count). The maximum Gasteiger partial charge on any atom is 0.250 e. The molecule has 1 aromatic rings. The standard InChI is InChI=1S/C11H19N3O3/c1-6(10-7(2)14-17-8(10)3)13-11(15)9(5-12)16-4/h6,9H,5,12H2,1-4H3,(H,13,15). The van der Waals surface area contributed by atoms with E-state index in [0.29, 0.717) is 5.76 Å². The van der Waals surface area contributed by atoms with Gasteiger partial charge in [-0.25, -0.2) is 0 Å². The SMILES string of the molecule is COC(CN)C(=O)NC(C)c1c(C)noc1C. The van der Waals surface area contributed by atoms with Crippen molar-refractivity contribution in [2.45, 2.75) is 32.9 Å². The molecule has 0 aliphatic carbocycles. The molecule has 1 aromatic heterocycles. The first-order chi connectivity index (χ1) is 8.01. The van der Waals surface area contributed by atoms with Crippen LogP contribution in [-0.4, -0.2) is 30.8 Å². The first kappa shape index (κ1) is 13.7. The largest absolute Gasteiger partial charge is 0.370 e. The van der Waals surface area contributed by atoms with Crippen LogP contribution in [0.25, 0.3) is 0 Å². The number of hydrogen-bond acceptors (Lipinski definition) is 5. The van der Waals surface area contributed by atoms with E-state index >= 15 is 0 Å². The van der Waals surface area contributed by atoms with Gasteiger partial charge in [0.15, 0.2) is 0 Å². The summed E-state index contributed by atoms with van der Waals surface area (Å²) in [5, 5.41) is 6.67. The van der Waals surface area contributed by atoms with Gasteiger partial charge in [-0.3, -0.25) is 4.79 Å². The minimum Gasteiger partial charge on any atom is -0.370 e. The summed E-state index contributed by atoms with van der Waals surface area (Å²) in [6.07, 6.45) is -0.627. The number of ether oxygens (including phenoxy) is 1. The molecule has 3 N–H and O–H groups in total. The molecule has 0 saturated heterocycles. The summed E-state index contributed by atoms with van der Waals surface area (Å²) >= 11 is 0. The highest BCUT2D eigenvalue weighted by Crippen LogP contribution is 2.20. The lowest BCUT2D eigenvalue weighted by Crippen LogP contribution is -2.41. The van der Waals surface area contributed by atoms with Crippen LogP contribution in [-0.2, 0) is 9.53 Å². The zero-order valence-corrected chi connectivity index (χ0v) is 10.6. The molecule has 0 aliphatic heterocycles. The zero-order chi connectivity index (χ0) is 13.0. The lowest BCUT2D eigenvalue weighted by Gasteiger charge is -2.18. The maximum absolute atomic E-state index is 11.8. The second-order valence-electron chi connectivity index (χ2n) is 3.93. The number of aromatic nitrogens is 1. The fourth-order valence-electron chi connectivity index (χ4n) is 1.80. The minimum absolute atomic E-state index is 0.149. The Morgan fingerprint density at radius 3 is 2.65 bits per heavy atom. The zero-order valence-electron chi connectivity index (χ0n) is 10.6. The van der Waals surface area contributed by atoms with E-state index in [4.69, 9.17) is 15.0 Å². The Kier molecular flexibility index (Phi) is 4.65. The monoisotopic (exact) mass is 241 g/mol. The van der Waals surface area contributed by atoms with Gasteiger partial charge < -0.3 is 20.3 Å². The predicted molar refractivity (Wildman–Crippen MR) is 62.4 cm³/mol. The Bertz CT molecular complexity index is 366. The first-order valence-corrected chi connectivity index (χ1v) is 5.47. The normalized spacial score (nSPS) is 14.4. The van der Waals surface area contributed by atoms with Crippen LogP contribution in [0.1, 0.15) is 30.0 Å². The molecule has 6 nitrogen and oxygen atoms in total. The van der Waals surface area contributed by atoms with Crippen molar-refractivity contribution in [3.8, 4) is 0 Å². The van der Waals surface area contributed by atoms with Gasteiger partial charge in [0.05, 0.1) is 11.7 Å². The van der Waals surface area contributed by atoms with Gasteiger partial charge in [0.25, 0.3) is 5.91 Å². The fourth-order valence-corrected chi connectivity index (χ4v) is 1.80. The summed E-state index contributed by atoms with van der Waals surface area (Å²) < 4.78 is 10.0. The molecule has 2 unspecified atom stereocenters. The Morgan fingerprint density at radius 1 is 1.59 bits per heavy atom. The Morgan fingerprint density at radius 2 is 2.24 bits per heavy atom. The van der Waals surface area contributed by atoms with E-state index in [9.17, 15) is 4.79 Å². The van der Waals surface area contributed by atoms with Crippen LogP contribution in [0.15, 0.2) is 4.52 Å². The summed E-state index contributed by atoms with van der Waals surface area (Å²) in [7, 11) is 1.46. The molecule has 1 amide bonds. The topological polar surface area (TPSA) is 90.4 Å². The van der Waals surface area contributed by atoms with E-state index in [1.165, 1.54) is 7.11 Å². The van der Waals surface area contributed by atoms with Gasteiger partial charge in [0.1, 0.15) is 11.9 Å². The van der Waals surface area contributed by atoms with Gasteiger partial charge in [-0.05, 0) is 20.8 Å². The number of nitrogens with two attached hydrogens (primary N) is 1. The molecule has 0 bridgehead atoms. The summed E-state index contributed by atoms with van der Waals surface area (Å²) in [5.74, 6) is 0.472. The van der Waals surface area contributed by atoms with Crippen LogP contribution in [0.2, 0.25) is 0 Å². The van der Waals surface area contributed by atoms with Gasteiger partial charge in [0, 0.05) is 19.2 Å². The first-order valence-electron chi connectivity index (χ1n) is 5.47. The molecule has 0 fully saturated rings. The molecule has 0 saturated carbocycles. The number of methoxy groups -OCH3 is 1. The van der Waals surface area contributed by atoms with E-state index in [1.807, 2.05) is 20.8 Å². The van der Waals surface area contributed by atoms with Gasteiger partial charge in [-0.15, -0.1) is 0 Å². The highest BCUT2D eigenvalue weighted by Gasteiger charge is 2.22. The van der Waals surface area contributed by atoms with E-state index in [0.717, 1.165) is 11.3 Å². The average Bonchev–Trinajstić information content (AvgIpc) is 2.60. The number of hydrogen-bond donors (Lipinski definition) is 2. The minimum atomic E-state index is -0.627. The van der Waals surface area contributed by atoms with Crippen molar-refractivity contribution < 1.29 is 14.1 Å². The Balaban J connectivity index is 2.73. The van der Waals surface area contributed by atoms with Crippen LogP contribution in [0.5, 0.6) is 0 Å². The molecular weight excluding hydrogens is 222 g/mol. The molecule has 0 radical (unpaired) electrons. The van der Waals surface area contributed by atoms with Crippen LogP contribution in [0.3, 0.4) is 0 Å². The number of carbonyl (C=O) groups excluding carboxylic acids is 1. The third-order valence-corrected chi connectivity index (χ3v) is 2.67. The number of nitrogens with one attached hydrogen (secondary N) is 1.